The van der Waals surface area contributed by atoms with Gasteiger partial charge in [0.25, 0.3) is 0 Å². The van der Waals surface area contributed by atoms with E-state index >= 15 is 0 Å². The zero-order valence-electron chi connectivity index (χ0n) is 11.1. The Morgan fingerprint density at radius 1 is 1.33 bits per heavy atom. The minimum absolute atomic E-state index is 0.702. The van der Waals surface area contributed by atoms with Crippen molar-refractivity contribution in [1.82, 2.24) is 24.8 Å². The van der Waals surface area contributed by atoms with E-state index in [4.69, 9.17) is 0 Å². The lowest BCUT2D eigenvalue weighted by Gasteiger charge is -2.08. The molecule has 0 aliphatic carbocycles. The first-order valence-corrected chi connectivity index (χ1v) is 6.26. The fourth-order valence-electron chi connectivity index (χ4n) is 1.88. The zero-order valence-corrected chi connectivity index (χ0v) is 11.1. The van der Waals surface area contributed by atoms with Gasteiger partial charge in [-0.2, -0.15) is 0 Å². The van der Waals surface area contributed by atoms with Crippen LogP contribution in [0.2, 0.25) is 0 Å². The number of nitrogens with zero attached hydrogens (tertiary/aromatic N) is 4. The van der Waals surface area contributed by atoms with Crippen molar-refractivity contribution in [2.45, 2.75) is 33.2 Å². The highest BCUT2D eigenvalue weighted by Crippen LogP contribution is 2.10. The van der Waals surface area contributed by atoms with Gasteiger partial charge in [0, 0.05) is 42.8 Å². The Morgan fingerprint density at radius 2 is 2.17 bits per heavy atom. The van der Waals surface area contributed by atoms with Gasteiger partial charge in [-0.1, -0.05) is 6.92 Å². The van der Waals surface area contributed by atoms with Gasteiger partial charge in [0.05, 0.1) is 0 Å². The van der Waals surface area contributed by atoms with Crippen LogP contribution in [0.1, 0.15) is 30.4 Å². The molecule has 96 valence electrons. The van der Waals surface area contributed by atoms with E-state index in [0.717, 1.165) is 36.5 Å². The third-order valence-corrected chi connectivity index (χ3v) is 2.84. The summed E-state index contributed by atoms with van der Waals surface area (Å²) in [5.74, 6) is 1.71. The van der Waals surface area contributed by atoms with Gasteiger partial charge in [-0.05, 0) is 20.4 Å². The summed E-state index contributed by atoms with van der Waals surface area (Å²) in [7, 11) is 1.92. The lowest BCUT2D eigenvalue weighted by atomic mass is 10.2. The monoisotopic (exact) mass is 245 g/mol. The molecule has 5 nitrogen and oxygen atoms in total. The summed E-state index contributed by atoms with van der Waals surface area (Å²) in [5.41, 5.74) is 2.13. The molecule has 18 heavy (non-hydrogen) atoms. The molecule has 0 atom stereocenters. The van der Waals surface area contributed by atoms with Crippen LogP contribution in [0.25, 0.3) is 5.95 Å². The summed E-state index contributed by atoms with van der Waals surface area (Å²) in [6, 6.07) is 0. The van der Waals surface area contributed by atoms with Crippen molar-refractivity contribution in [3.8, 4) is 5.95 Å². The van der Waals surface area contributed by atoms with Gasteiger partial charge in [-0.3, -0.25) is 4.57 Å². The smallest absolute Gasteiger partial charge is 0.235 e. The summed E-state index contributed by atoms with van der Waals surface area (Å²) in [6.07, 6.45) is 7.59. The molecular weight excluding hydrogens is 226 g/mol. The Morgan fingerprint density at radius 3 is 2.83 bits per heavy atom. The third-order valence-electron chi connectivity index (χ3n) is 2.84. The Hall–Kier alpha value is -1.75. The highest BCUT2D eigenvalue weighted by atomic mass is 15.2. The summed E-state index contributed by atoms with van der Waals surface area (Å²) in [5, 5.41) is 3.11. The lowest BCUT2D eigenvalue weighted by Crippen LogP contribution is -2.11. The van der Waals surface area contributed by atoms with Crippen LogP contribution in [0.4, 0.5) is 0 Å². The molecule has 0 unspecified atom stereocenters. The molecule has 1 N–H and O–H groups in total. The number of imidazole rings is 1. The maximum atomic E-state index is 4.55. The molecule has 0 aromatic carbocycles. The maximum Gasteiger partial charge on any atom is 0.235 e. The number of aryl methyl sites for hydroxylation is 2. The van der Waals surface area contributed by atoms with Crippen LogP contribution in [0, 0.1) is 6.92 Å². The van der Waals surface area contributed by atoms with E-state index in [-0.39, 0.29) is 0 Å². The van der Waals surface area contributed by atoms with E-state index in [9.17, 15) is 0 Å². The molecule has 0 amide bonds. The first-order chi connectivity index (χ1) is 8.76. The molecule has 0 bridgehead atoms. The van der Waals surface area contributed by atoms with Gasteiger partial charge in [0.1, 0.15) is 5.82 Å². The largest absolute Gasteiger partial charge is 0.316 e. The van der Waals surface area contributed by atoms with Gasteiger partial charge in [0.15, 0.2) is 0 Å². The van der Waals surface area contributed by atoms with Crippen LogP contribution in [-0.4, -0.2) is 26.6 Å². The number of hydrogen-bond acceptors (Lipinski definition) is 4. The number of aromatic nitrogens is 4. The molecule has 0 saturated carbocycles. The second-order valence-electron chi connectivity index (χ2n) is 4.27. The van der Waals surface area contributed by atoms with Crippen molar-refractivity contribution in [3.63, 3.8) is 0 Å². The van der Waals surface area contributed by atoms with Crippen LogP contribution in [0.3, 0.4) is 0 Å². The highest BCUT2D eigenvalue weighted by molar-refractivity contribution is 5.23. The summed E-state index contributed by atoms with van der Waals surface area (Å²) in [4.78, 5) is 13.3. The molecule has 0 saturated heterocycles. The zero-order chi connectivity index (χ0) is 13.0. The molecule has 5 heteroatoms. The Bertz CT molecular complexity index is 518. The van der Waals surface area contributed by atoms with E-state index in [1.54, 1.807) is 6.20 Å². The summed E-state index contributed by atoms with van der Waals surface area (Å²) in [6.45, 7) is 4.94. The van der Waals surface area contributed by atoms with Crippen molar-refractivity contribution < 1.29 is 0 Å². The molecule has 2 heterocycles. The van der Waals surface area contributed by atoms with Crippen molar-refractivity contribution >= 4 is 0 Å². The molecule has 2 rings (SSSR count). The van der Waals surface area contributed by atoms with Gasteiger partial charge in [0.2, 0.25) is 5.95 Å². The molecule has 2 aromatic heterocycles. The predicted octanol–water partition coefficient (Wildman–Crippen LogP) is 1.64. The van der Waals surface area contributed by atoms with Crippen LogP contribution in [0.15, 0.2) is 18.6 Å². The minimum Gasteiger partial charge on any atom is -0.316 e. The predicted molar refractivity (Wildman–Crippen MR) is 70.6 cm³/mol. The van der Waals surface area contributed by atoms with E-state index in [0.29, 0.717) is 5.95 Å². The molecule has 0 spiro atoms. The average molecular weight is 245 g/mol. The number of nitrogens with one attached hydrogen (secondary N) is 1. The fraction of sp³-hybridized carbons (Fsp3) is 0.462. The van der Waals surface area contributed by atoms with Crippen LogP contribution in [0.5, 0.6) is 0 Å². The number of hydrogen-bond donors (Lipinski definition) is 1. The first kappa shape index (κ1) is 12.7. The van der Waals surface area contributed by atoms with Gasteiger partial charge >= 0.3 is 0 Å². The standard InChI is InChI=1S/C13H19N5/c1-4-5-12-15-6-7-18(12)13-16-9-11(8-14-3)10(2)17-13/h6-7,9,14H,4-5,8H2,1-3H3. The van der Waals surface area contributed by atoms with Crippen molar-refractivity contribution in [3.05, 3.63) is 35.7 Å². The van der Waals surface area contributed by atoms with Crippen molar-refractivity contribution in [2.24, 2.45) is 0 Å². The van der Waals surface area contributed by atoms with Gasteiger partial charge < -0.3 is 5.32 Å². The Kier molecular flexibility index (Phi) is 4.04. The topological polar surface area (TPSA) is 55.6 Å². The molecular formula is C13H19N5. The maximum absolute atomic E-state index is 4.55. The first-order valence-electron chi connectivity index (χ1n) is 6.26. The van der Waals surface area contributed by atoms with E-state index in [1.165, 1.54) is 0 Å². The minimum atomic E-state index is 0.702. The number of rotatable bonds is 5. The Labute approximate surface area is 107 Å². The summed E-state index contributed by atoms with van der Waals surface area (Å²) >= 11 is 0. The molecule has 0 radical (unpaired) electrons. The average Bonchev–Trinajstić information content (AvgIpc) is 2.81. The van der Waals surface area contributed by atoms with E-state index < -0.39 is 0 Å². The van der Waals surface area contributed by atoms with Crippen LogP contribution < -0.4 is 5.32 Å². The molecule has 0 fully saturated rings. The highest BCUT2D eigenvalue weighted by Gasteiger charge is 2.08. The summed E-state index contributed by atoms with van der Waals surface area (Å²) < 4.78 is 1.96. The van der Waals surface area contributed by atoms with Crippen LogP contribution in [-0.2, 0) is 13.0 Å². The third kappa shape index (κ3) is 2.56. The second kappa shape index (κ2) is 5.73. The fourth-order valence-corrected chi connectivity index (χ4v) is 1.88. The van der Waals surface area contributed by atoms with Crippen LogP contribution >= 0.6 is 0 Å². The van der Waals surface area contributed by atoms with Crippen molar-refractivity contribution in [1.29, 1.82) is 0 Å². The lowest BCUT2D eigenvalue weighted by molar-refractivity contribution is 0.760. The normalized spacial score (nSPS) is 10.8. The second-order valence-corrected chi connectivity index (χ2v) is 4.27. The Balaban J connectivity index is 2.33. The van der Waals surface area contributed by atoms with Gasteiger partial charge in [-0.25, -0.2) is 15.0 Å². The van der Waals surface area contributed by atoms with E-state index in [2.05, 4.69) is 27.2 Å². The quantitative estimate of drug-likeness (QED) is 0.870. The van der Waals surface area contributed by atoms with E-state index in [1.807, 2.05) is 30.9 Å². The molecule has 2 aromatic rings. The SMILES string of the molecule is CCCc1nccn1-c1ncc(CNC)c(C)n1. The molecule has 0 aliphatic heterocycles. The van der Waals surface area contributed by atoms with Gasteiger partial charge in [-0.15, -0.1) is 0 Å². The molecule has 0 aliphatic rings. The van der Waals surface area contributed by atoms with Crippen molar-refractivity contribution in [2.75, 3.05) is 7.05 Å².